The Labute approximate surface area is 186 Å². The van der Waals surface area contributed by atoms with E-state index in [0.29, 0.717) is 22.4 Å². The van der Waals surface area contributed by atoms with Gasteiger partial charge in [-0.25, -0.2) is 4.98 Å². The third-order valence-corrected chi connectivity index (χ3v) is 5.72. The lowest BCUT2D eigenvalue weighted by atomic mass is 10.1. The fourth-order valence-electron chi connectivity index (χ4n) is 3.05. The SMILES string of the molecule is NC(N)=NC(=O)c1ccc(CSc2ccc(-c3nc4ccc([N+](=O)[O-])cc4[nH]3)cc2)cc1. The van der Waals surface area contributed by atoms with Gasteiger partial charge in [-0.1, -0.05) is 24.3 Å². The Bertz CT molecular complexity index is 1330. The molecule has 0 unspecified atom stereocenters. The van der Waals surface area contributed by atoms with Gasteiger partial charge in [-0.2, -0.15) is 4.99 Å². The number of imidazole rings is 1. The van der Waals surface area contributed by atoms with Crippen LogP contribution >= 0.6 is 11.8 Å². The number of carbonyl (C=O) groups is 1. The maximum atomic E-state index is 11.8. The second kappa shape index (κ2) is 8.90. The standard InChI is InChI=1S/C22H18N6O3S/c23-22(24)27-21(29)15-3-1-13(2-4-15)12-32-17-8-5-14(6-9-17)20-25-18-10-7-16(28(30)31)11-19(18)26-20/h1-11H,12H2,(H,25,26)(H4,23,24,27,29). The molecule has 1 amide bonds. The molecule has 0 bridgehead atoms. The molecule has 5 N–H and O–H groups in total. The number of hydrogen-bond donors (Lipinski definition) is 3. The van der Waals surface area contributed by atoms with Gasteiger partial charge < -0.3 is 16.5 Å². The van der Waals surface area contributed by atoms with E-state index in [1.807, 2.05) is 36.4 Å². The monoisotopic (exact) mass is 446 g/mol. The second-order valence-electron chi connectivity index (χ2n) is 6.90. The topological polar surface area (TPSA) is 153 Å². The Balaban J connectivity index is 1.42. The minimum Gasteiger partial charge on any atom is -0.370 e. The van der Waals surface area contributed by atoms with Crippen molar-refractivity contribution in [2.75, 3.05) is 0 Å². The Morgan fingerprint density at radius 2 is 1.78 bits per heavy atom. The minimum absolute atomic E-state index is 0.0214. The number of nitrogens with two attached hydrogens (primary N) is 2. The zero-order valence-electron chi connectivity index (χ0n) is 16.7. The molecule has 0 aliphatic rings. The number of fused-ring (bicyclic) bond motifs is 1. The average Bonchev–Trinajstić information content (AvgIpc) is 3.21. The molecule has 0 fully saturated rings. The summed E-state index contributed by atoms with van der Waals surface area (Å²) in [6, 6.07) is 19.6. The number of aliphatic imine (C=N–C) groups is 1. The van der Waals surface area contributed by atoms with Crippen LogP contribution in [0.15, 0.2) is 76.6 Å². The van der Waals surface area contributed by atoms with E-state index in [1.165, 1.54) is 12.1 Å². The Hall–Kier alpha value is -4.18. The first-order chi connectivity index (χ1) is 15.4. The van der Waals surface area contributed by atoms with Crippen molar-refractivity contribution in [1.82, 2.24) is 9.97 Å². The number of aromatic nitrogens is 2. The van der Waals surface area contributed by atoms with Gasteiger partial charge in [-0.15, -0.1) is 11.8 Å². The van der Waals surface area contributed by atoms with E-state index in [-0.39, 0.29) is 11.6 Å². The third kappa shape index (κ3) is 4.76. The maximum absolute atomic E-state index is 11.8. The van der Waals surface area contributed by atoms with Crippen LogP contribution in [-0.2, 0) is 5.75 Å². The predicted molar refractivity (Wildman–Crippen MR) is 124 cm³/mol. The number of nitro groups is 1. The van der Waals surface area contributed by atoms with Crippen LogP contribution in [0.1, 0.15) is 15.9 Å². The number of nitrogens with zero attached hydrogens (tertiary/aromatic N) is 3. The van der Waals surface area contributed by atoms with E-state index in [2.05, 4.69) is 15.0 Å². The largest absolute Gasteiger partial charge is 0.370 e. The van der Waals surface area contributed by atoms with Crippen LogP contribution in [0.5, 0.6) is 0 Å². The molecule has 0 aliphatic carbocycles. The first kappa shape index (κ1) is 21.1. The van der Waals surface area contributed by atoms with Crippen molar-refractivity contribution in [3.8, 4) is 11.4 Å². The smallest absolute Gasteiger partial charge is 0.280 e. The summed E-state index contributed by atoms with van der Waals surface area (Å²) < 4.78 is 0. The van der Waals surface area contributed by atoms with Gasteiger partial charge >= 0.3 is 0 Å². The fourth-order valence-corrected chi connectivity index (χ4v) is 3.90. The van der Waals surface area contributed by atoms with Crippen molar-refractivity contribution < 1.29 is 9.72 Å². The number of amides is 1. The molecule has 0 saturated heterocycles. The number of nitrogens with one attached hydrogen (secondary N) is 1. The molecule has 9 nitrogen and oxygen atoms in total. The van der Waals surface area contributed by atoms with Gasteiger partial charge in [0.15, 0.2) is 5.96 Å². The number of rotatable bonds is 6. The summed E-state index contributed by atoms with van der Waals surface area (Å²) in [6.07, 6.45) is 0. The first-order valence-electron chi connectivity index (χ1n) is 9.49. The summed E-state index contributed by atoms with van der Waals surface area (Å²) in [4.78, 5) is 34.6. The molecular weight excluding hydrogens is 428 g/mol. The van der Waals surface area contributed by atoms with Crippen LogP contribution in [-0.4, -0.2) is 26.8 Å². The molecule has 0 atom stereocenters. The third-order valence-electron chi connectivity index (χ3n) is 4.64. The van der Waals surface area contributed by atoms with Crippen LogP contribution in [0.3, 0.4) is 0 Å². The van der Waals surface area contributed by atoms with Gasteiger partial charge in [0.05, 0.1) is 16.0 Å². The van der Waals surface area contributed by atoms with Gasteiger partial charge in [0, 0.05) is 33.9 Å². The van der Waals surface area contributed by atoms with Gasteiger partial charge in [0.1, 0.15) is 5.82 Å². The van der Waals surface area contributed by atoms with Crippen LogP contribution < -0.4 is 11.5 Å². The van der Waals surface area contributed by atoms with Crippen LogP contribution in [0.4, 0.5) is 5.69 Å². The summed E-state index contributed by atoms with van der Waals surface area (Å²) in [7, 11) is 0. The highest BCUT2D eigenvalue weighted by atomic mass is 32.2. The summed E-state index contributed by atoms with van der Waals surface area (Å²) in [5.41, 5.74) is 14.1. The van der Waals surface area contributed by atoms with Crippen molar-refractivity contribution in [3.05, 3.63) is 88.0 Å². The van der Waals surface area contributed by atoms with Crippen molar-refractivity contribution in [1.29, 1.82) is 0 Å². The zero-order chi connectivity index (χ0) is 22.7. The number of guanidine groups is 1. The van der Waals surface area contributed by atoms with E-state index in [9.17, 15) is 14.9 Å². The molecule has 4 aromatic rings. The predicted octanol–water partition coefficient (Wildman–Crippen LogP) is 3.84. The Morgan fingerprint density at radius 1 is 1.06 bits per heavy atom. The quantitative estimate of drug-likeness (QED) is 0.134. The number of benzene rings is 3. The van der Waals surface area contributed by atoms with Gasteiger partial charge in [0.25, 0.3) is 11.6 Å². The van der Waals surface area contributed by atoms with Crippen molar-refractivity contribution in [2.24, 2.45) is 16.5 Å². The van der Waals surface area contributed by atoms with Crippen molar-refractivity contribution in [2.45, 2.75) is 10.6 Å². The Morgan fingerprint density at radius 3 is 2.44 bits per heavy atom. The van der Waals surface area contributed by atoms with Crippen LogP contribution in [0.25, 0.3) is 22.4 Å². The molecule has 0 radical (unpaired) electrons. The number of nitro benzene ring substituents is 1. The molecule has 0 aliphatic heterocycles. The van der Waals surface area contributed by atoms with Gasteiger partial charge in [-0.05, 0) is 35.9 Å². The van der Waals surface area contributed by atoms with Crippen LogP contribution in [0.2, 0.25) is 0 Å². The molecule has 10 heteroatoms. The lowest BCUT2D eigenvalue weighted by Gasteiger charge is -2.04. The second-order valence-corrected chi connectivity index (χ2v) is 7.94. The lowest BCUT2D eigenvalue weighted by molar-refractivity contribution is -0.384. The normalized spacial score (nSPS) is 10.8. The molecule has 3 aromatic carbocycles. The van der Waals surface area contributed by atoms with E-state index < -0.39 is 10.8 Å². The van der Waals surface area contributed by atoms with Gasteiger partial charge in [0.2, 0.25) is 0 Å². The molecular formula is C22H18N6O3S. The Kier molecular flexibility index (Phi) is 5.86. The zero-order valence-corrected chi connectivity index (χ0v) is 17.5. The van der Waals surface area contributed by atoms with E-state index in [0.717, 1.165) is 21.8 Å². The highest BCUT2D eigenvalue weighted by Gasteiger charge is 2.11. The van der Waals surface area contributed by atoms with E-state index in [1.54, 1.807) is 30.0 Å². The highest BCUT2D eigenvalue weighted by molar-refractivity contribution is 7.98. The first-order valence-corrected chi connectivity index (χ1v) is 10.5. The molecule has 160 valence electrons. The van der Waals surface area contributed by atoms with Crippen LogP contribution in [0, 0.1) is 10.1 Å². The van der Waals surface area contributed by atoms with Crippen molar-refractivity contribution >= 4 is 40.3 Å². The summed E-state index contributed by atoms with van der Waals surface area (Å²) in [5.74, 6) is 0.643. The highest BCUT2D eigenvalue weighted by Crippen LogP contribution is 2.27. The summed E-state index contributed by atoms with van der Waals surface area (Å²) in [5, 5.41) is 10.9. The van der Waals surface area contributed by atoms with E-state index >= 15 is 0 Å². The average molecular weight is 446 g/mol. The molecule has 0 saturated carbocycles. The number of non-ortho nitro benzene ring substituents is 1. The van der Waals surface area contributed by atoms with Crippen molar-refractivity contribution in [3.63, 3.8) is 0 Å². The number of carbonyl (C=O) groups excluding carboxylic acids is 1. The number of H-pyrrole nitrogens is 1. The van der Waals surface area contributed by atoms with E-state index in [4.69, 9.17) is 11.5 Å². The van der Waals surface area contributed by atoms with Gasteiger partial charge in [-0.3, -0.25) is 14.9 Å². The molecule has 4 rings (SSSR count). The number of aromatic amines is 1. The molecule has 0 spiro atoms. The molecule has 32 heavy (non-hydrogen) atoms. The summed E-state index contributed by atoms with van der Waals surface area (Å²) in [6.45, 7) is 0. The number of thioether (sulfide) groups is 1. The maximum Gasteiger partial charge on any atom is 0.280 e. The molecule has 1 aromatic heterocycles. The lowest BCUT2D eigenvalue weighted by Crippen LogP contribution is -2.24. The minimum atomic E-state index is -0.472. The summed E-state index contributed by atoms with van der Waals surface area (Å²) >= 11 is 1.65. The fraction of sp³-hybridized carbons (Fsp3) is 0.0455. The molecule has 1 heterocycles. The number of hydrogen-bond acceptors (Lipinski definition) is 5.